The van der Waals surface area contributed by atoms with Gasteiger partial charge in [0.2, 0.25) is 5.91 Å². The Morgan fingerprint density at radius 1 is 1.19 bits per heavy atom. The highest BCUT2D eigenvalue weighted by Gasteiger charge is 2.43. The molecule has 0 aromatic heterocycles. The van der Waals surface area contributed by atoms with Crippen LogP contribution in [-0.4, -0.2) is 65.5 Å². The summed E-state index contributed by atoms with van der Waals surface area (Å²) in [6.07, 6.45) is 7.49. The molecule has 31 heavy (non-hydrogen) atoms. The van der Waals surface area contributed by atoms with E-state index in [9.17, 15) is 24.4 Å². The smallest absolute Gasteiger partial charge is 0.426 e. The van der Waals surface area contributed by atoms with Crippen LogP contribution in [0.4, 0.5) is 0 Å². The lowest BCUT2D eigenvalue weighted by Crippen LogP contribution is -2.56. The van der Waals surface area contributed by atoms with Crippen LogP contribution in [0.1, 0.15) is 53.8 Å². The van der Waals surface area contributed by atoms with Gasteiger partial charge in [-0.1, -0.05) is 35.9 Å². The van der Waals surface area contributed by atoms with Crippen LogP contribution in [0.25, 0.3) is 0 Å². The number of allylic oxidation sites excluding steroid dienone is 4. The molecule has 0 fully saturated rings. The minimum Gasteiger partial charge on any atom is -0.426 e. The molecule has 2 rings (SSSR count). The molecule has 0 radical (unpaired) electrons. The summed E-state index contributed by atoms with van der Waals surface area (Å²) < 4.78 is 5.08. The molecule has 1 aliphatic heterocycles. The summed E-state index contributed by atoms with van der Waals surface area (Å²) in [7, 11) is -0.429. The number of hydrogen-bond donors (Lipinski definition) is 3. The van der Waals surface area contributed by atoms with Gasteiger partial charge in [-0.25, -0.2) is 0 Å². The second-order valence-corrected chi connectivity index (χ2v) is 7.28. The first kappa shape index (κ1) is 24.5. The number of nitrogens with one attached hydrogen (secondary N) is 1. The molecule has 0 aliphatic carbocycles. The summed E-state index contributed by atoms with van der Waals surface area (Å²) >= 11 is 0. The Hall–Kier alpha value is -2.75. The van der Waals surface area contributed by atoms with Crippen molar-refractivity contribution in [1.82, 2.24) is 10.2 Å². The number of fused-ring (bicyclic) bond motifs is 1. The highest BCUT2D eigenvalue weighted by atomic mass is 16.5. The second-order valence-electron chi connectivity index (χ2n) is 7.28. The minimum atomic E-state index is -1.79. The molecule has 0 spiro atoms. The van der Waals surface area contributed by atoms with Gasteiger partial charge in [0.15, 0.2) is 0 Å². The Morgan fingerprint density at radius 2 is 1.81 bits per heavy atom. The van der Waals surface area contributed by atoms with Crippen LogP contribution < -0.4 is 5.32 Å². The molecule has 0 saturated carbocycles. The van der Waals surface area contributed by atoms with E-state index in [0.717, 1.165) is 10.5 Å². The molecule has 1 heterocycles. The van der Waals surface area contributed by atoms with Crippen molar-refractivity contribution in [1.29, 1.82) is 0 Å². The average Bonchev–Trinajstić information content (AvgIpc) is 3.00. The lowest BCUT2D eigenvalue weighted by Gasteiger charge is -2.27. The van der Waals surface area contributed by atoms with Gasteiger partial charge >= 0.3 is 7.12 Å². The molecule has 3 amide bonds. The van der Waals surface area contributed by atoms with Gasteiger partial charge in [-0.15, -0.1) is 0 Å². The predicted molar refractivity (Wildman–Crippen MR) is 117 cm³/mol. The van der Waals surface area contributed by atoms with E-state index in [4.69, 9.17) is 4.74 Å². The van der Waals surface area contributed by atoms with E-state index in [1.165, 1.54) is 19.2 Å². The molecule has 1 aliphatic rings. The Bertz CT molecular complexity index is 832. The largest absolute Gasteiger partial charge is 0.475 e. The standard InChI is InChI=1S/C22H29BN2O6/c1-4-9-15(5-2)10-8-13-19(23(29)30)24-20(26)18(14-31-3)25-21(27)16-11-6-7-12-17(16)22(25)28/h4-7,9,11-12,18-19,29-30H,8,10,13-14H2,1-3H3,(H,24,26)/b9-4-,15-5+. The third-order valence-electron chi connectivity index (χ3n) is 5.18. The summed E-state index contributed by atoms with van der Waals surface area (Å²) in [4.78, 5) is 39.3. The van der Waals surface area contributed by atoms with Crippen molar-refractivity contribution in [3.8, 4) is 0 Å². The van der Waals surface area contributed by atoms with E-state index in [1.54, 1.807) is 12.1 Å². The summed E-state index contributed by atoms with van der Waals surface area (Å²) in [6.45, 7) is 3.63. The van der Waals surface area contributed by atoms with Gasteiger partial charge < -0.3 is 20.1 Å². The van der Waals surface area contributed by atoms with Crippen LogP contribution in [0, 0.1) is 0 Å². The fourth-order valence-corrected chi connectivity index (χ4v) is 3.56. The van der Waals surface area contributed by atoms with Crippen molar-refractivity contribution in [3.05, 3.63) is 59.2 Å². The predicted octanol–water partition coefficient (Wildman–Crippen LogP) is 1.49. The van der Waals surface area contributed by atoms with Crippen molar-refractivity contribution in [2.75, 3.05) is 13.7 Å². The number of hydrogen-bond acceptors (Lipinski definition) is 6. The Kier molecular flexibility index (Phi) is 9.17. The van der Waals surface area contributed by atoms with Crippen LogP contribution in [0.15, 0.2) is 48.1 Å². The minimum absolute atomic E-state index is 0.213. The van der Waals surface area contributed by atoms with Crippen molar-refractivity contribution in [2.24, 2.45) is 0 Å². The molecular weight excluding hydrogens is 399 g/mol. The monoisotopic (exact) mass is 428 g/mol. The van der Waals surface area contributed by atoms with Gasteiger partial charge in [0.25, 0.3) is 11.8 Å². The third-order valence-corrected chi connectivity index (χ3v) is 5.18. The first-order valence-corrected chi connectivity index (χ1v) is 10.3. The summed E-state index contributed by atoms with van der Waals surface area (Å²) in [6, 6.07) is 5.11. The van der Waals surface area contributed by atoms with Crippen LogP contribution in [0.5, 0.6) is 0 Å². The molecule has 1 aromatic rings. The zero-order valence-corrected chi connectivity index (χ0v) is 18.1. The first-order valence-electron chi connectivity index (χ1n) is 10.3. The maximum absolute atomic E-state index is 13.0. The lowest BCUT2D eigenvalue weighted by atomic mass is 9.76. The maximum Gasteiger partial charge on any atom is 0.475 e. The van der Waals surface area contributed by atoms with Gasteiger partial charge in [0.1, 0.15) is 6.04 Å². The maximum atomic E-state index is 13.0. The highest BCUT2D eigenvalue weighted by Crippen LogP contribution is 2.25. The molecule has 2 atom stereocenters. The van der Waals surface area contributed by atoms with Crippen molar-refractivity contribution < 1.29 is 29.2 Å². The van der Waals surface area contributed by atoms with Gasteiger partial charge in [0.05, 0.1) is 23.7 Å². The van der Waals surface area contributed by atoms with E-state index in [2.05, 4.69) is 5.32 Å². The van der Waals surface area contributed by atoms with Crippen molar-refractivity contribution in [2.45, 2.75) is 45.1 Å². The fourth-order valence-electron chi connectivity index (χ4n) is 3.56. The molecule has 9 heteroatoms. The number of ether oxygens (including phenoxy) is 1. The summed E-state index contributed by atoms with van der Waals surface area (Å²) in [5, 5.41) is 22.1. The zero-order chi connectivity index (χ0) is 23.0. The van der Waals surface area contributed by atoms with Crippen LogP contribution in [-0.2, 0) is 9.53 Å². The Balaban J connectivity index is 2.11. The molecular formula is C22H29BN2O6. The van der Waals surface area contributed by atoms with Crippen LogP contribution in [0.2, 0.25) is 0 Å². The molecule has 8 nitrogen and oxygen atoms in total. The number of benzene rings is 1. The Labute approximate surface area is 182 Å². The SMILES string of the molecule is C/C=C\C(=C/C)CCCC(NC(=O)C(COC)N1C(=O)c2ccccc2C1=O)B(O)O. The van der Waals surface area contributed by atoms with Gasteiger partial charge in [0, 0.05) is 7.11 Å². The number of carbonyl (C=O) groups excluding carboxylic acids is 3. The van der Waals surface area contributed by atoms with E-state index in [-0.39, 0.29) is 17.7 Å². The van der Waals surface area contributed by atoms with Gasteiger partial charge in [-0.2, -0.15) is 0 Å². The van der Waals surface area contributed by atoms with E-state index < -0.39 is 36.8 Å². The highest BCUT2D eigenvalue weighted by molar-refractivity contribution is 6.43. The Morgan fingerprint density at radius 3 is 2.29 bits per heavy atom. The average molecular weight is 428 g/mol. The van der Waals surface area contributed by atoms with Gasteiger partial charge in [-0.3, -0.25) is 19.3 Å². The van der Waals surface area contributed by atoms with Crippen molar-refractivity contribution >= 4 is 24.8 Å². The molecule has 0 bridgehead atoms. The normalized spacial score (nSPS) is 15.9. The van der Waals surface area contributed by atoms with Gasteiger partial charge in [-0.05, 0) is 45.2 Å². The number of imide groups is 1. The fraction of sp³-hybridized carbons (Fsp3) is 0.409. The molecule has 3 N–H and O–H groups in total. The molecule has 0 saturated heterocycles. The molecule has 1 aromatic carbocycles. The van der Waals surface area contributed by atoms with Crippen LogP contribution >= 0.6 is 0 Å². The number of methoxy groups -OCH3 is 1. The topological polar surface area (TPSA) is 116 Å². The number of rotatable bonds is 11. The quantitative estimate of drug-likeness (QED) is 0.279. The van der Waals surface area contributed by atoms with Crippen molar-refractivity contribution in [3.63, 3.8) is 0 Å². The van der Waals surface area contributed by atoms with E-state index in [0.29, 0.717) is 19.3 Å². The van der Waals surface area contributed by atoms with Crippen LogP contribution in [0.3, 0.4) is 0 Å². The number of nitrogens with zero attached hydrogens (tertiary/aromatic N) is 1. The first-order chi connectivity index (χ1) is 14.8. The zero-order valence-electron chi connectivity index (χ0n) is 18.1. The molecule has 2 unspecified atom stereocenters. The number of carbonyl (C=O) groups is 3. The number of amides is 3. The second kappa shape index (κ2) is 11.6. The van der Waals surface area contributed by atoms with E-state index in [1.807, 2.05) is 32.1 Å². The summed E-state index contributed by atoms with van der Waals surface area (Å²) in [5.74, 6) is -2.80. The third kappa shape index (κ3) is 5.91. The van der Waals surface area contributed by atoms with E-state index >= 15 is 0 Å². The summed E-state index contributed by atoms with van der Waals surface area (Å²) in [5.41, 5.74) is 1.55. The lowest BCUT2D eigenvalue weighted by molar-refractivity contribution is -0.127. The molecule has 166 valence electrons.